The molecule has 0 radical (unpaired) electrons. The van der Waals surface area contributed by atoms with Crippen LogP contribution in [0.15, 0.2) is 28.9 Å². The topological polar surface area (TPSA) is 75.4 Å². The van der Waals surface area contributed by atoms with Crippen molar-refractivity contribution in [3.63, 3.8) is 0 Å². The maximum atomic E-state index is 13.5. The molecule has 1 aliphatic carbocycles. The van der Waals surface area contributed by atoms with Gasteiger partial charge in [-0.15, -0.1) is 0 Å². The van der Waals surface area contributed by atoms with Crippen molar-refractivity contribution in [3.8, 4) is 0 Å². The number of pyridine rings is 1. The van der Waals surface area contributed by atoms with Gasteiger partial charge in [0, 0.05) is 18.7 Å². The van der Waals surface area contributed by atoms with E-state index in [1.165, 1.54) is 0 Å². The van der Waals surface area contributed by atoms with Gasteiger partial charge in [-0.25, -0.2) is 0 Å². The molecule has 27 heavy (non-hydrogen) atoms. The fourth-order valence-electron chi connectivity index (χ4n) is 4.60. The van der Waals surface area contributed by atoms with E-state index in [0.29, 0.717) is 24.9 Å². The minimum absolute atomic E-state index is 0.235. The third kappa shape index (κ3) is 3.14. The largest absolute Gasteiger partial charge is 0.338 e. The van der Waals surface area contributed by atoms with Gasteiger partial charge < -0.3 is 9.42 Å². The molecule has 1 atom stereocenters. The summed E-state index contributed by atoms with van der Waals surface area (Å²) in [6, 6.07) is 5.86. The second-order valence-electron chi connectivity index (χ2n) is 8.03. The zero-order valence-corrected chi connectivity index (χ0v) is 15.5. The number of rotatable bonds is 5. The molecule has 0 aromatic carbocycles. The van der Waals surface area contributed by atoms with Crippen LogP contribution in [-0.2, 0) is 17.9 Å². The van der Waals surface area contributed by atoms with E-state index >= 15 is 0 Å². The molecular weight excluding hydrogens is 342 g/mol. The summed E-state index contributed by atoms with van der Waals surface area (Å²) in [5.41, 5.74) is 0.528. The number of piperidine rings is 1. The molecule has 4 heterocycles. The van der Waals surface area contributed by atoms with Crippen LogP contribution < -0.4 is 0 Å². The van der Waals surface area contributed by atoms with Gasteiger partial charge in [0.05, 0.1) is 18.8 Å². The summed E-state index contributed by atoms with van der Waals surface area (Å²) in [5, 5.41) is 4.13. The van der Waals surface area contributed by atoms with E-state index in [0.717, 1.165) is 63.1 Å². The molecule has 1 amide bonds. The van der Waals surface area contributed by atoms with Crippen molar-refractivity contribution in [1.29, 1.82) is 0 Å². The Labute approximate surface area is 158 Å². The summed E-state index contributed by atoms with van der Waals surface area (Å²) in [4.78, 5) is 26.7. The first-order valence-electron chi connectivity index (χ1n) is 10.0. The van der Waals surface area contributed by atoms with Crippen LogP contribution in [0, 0.1) is 0 Å². The maximum Gasteiger partial charge on any atom is 0.243 e. The molecule has 3 fully saturated rings. The van der Waals surface area contributed by atoms with Crippen molar-refractivity contribution in [2.45, 2.75) is 63.1 Å². The highest BCUT2D eigenvalue weighted by atomic mass is 16.5. The number of aromatic nitrogens is 3. The highest BCUT2D eigenvalue weighted by Gasteiger charge is 2.51. The summed E-state index contributed by atoms with van der Waals surface area (Å²) in [5.74, 6) is 2.21. The first kappa shape index (κ1) is 16.9. The average molecular weight is 367 g/mol. The molecule has 2 aromatic rings. The molecule has 2 aromatic heterocycles. The summed E-state index contributed by atoms with van der Waals surface area (Å²) < 4.78 is 5.48. The summed E-state index contributed by atoms with van der Waals surface area (Å²) in [7, 11) is 0. The van der Waals surface area contributed by atoms with Crippen LogP contribution in [0.1, 0.15) is 61.9 Å². The van der Waals surface area contributed by atoms with Gasteiger partial charge in [0.15, 0.2) is 5.82 Å². The number of hydrogen-bond acceptors (Lipinski definition) is 6. The summed E-state index contributed by atoms with van der Waals surface area (Å²) in [6.07, 6.45) is 7.98. The third-order valence-electron chi connectivity index (χ3n) is 6.16. The zero-order valence-electron chi connectivity index (χ0n) is 15.5. The molecule has 5 rings (SSSR count). The van der Waals surface area contributed by atoms with Gasteiger partial charge in [0.25, 0.3) is 0 Å². The molecule has 0 N–H and O–H groups in total. The van der Waals surface area contributed by atoms with Crippen LogP contribution in [-0.4, -0.2) is 49.5 Å². The van der Waals surface area contributed by atoms with Crippen LogP contribution in [0.2, 0.25) is 0 Å². The number of carbonyl (C=O) groups is 1. The fraction of sp³-hybridized carbons (Fsp3) is 0.600. The van der Waals surface area contributed by atoms with Gasteiger partial charge in [0.2, 0.25) is 11.8 Å². The molecule has 2 aliphatic heterocycles. The normalized spacial score (nSPS) is 26.2. The molecule has 1 saturated carbocycles. The number of carbonyl (C=O) groups excluding carboxylic acids is 1. The Morgan fingerprint density at radius 2 is 2.00 bits per heavy atom. The summed E-state index contributed by atoms with van der Waals surface area (Å²) >= 11 is 0. The SMILES string of the molecule is O=C1N(Cc2ccccn2)CCCC12CCCN2Cc1nc(C2CC2)no1. The van der Waals surface area contributed by atoms with E-state index in [9.17, 15) is 4.79 Å². The van der Waals surface area contributed by atoms with E-state index in [-0.39, 0.29) is 5.91 Å². The second kappa shape index (κ2) is 6.71. The van der Waals surface area contributed by atoms with E-state index < -0.39 is 5.54 Å². The van der Waals surface area contributed by atoms with Crippen molar-refractivity contribution >= 4 is 5.91 Å². The Bertz CT molecular complexity index is 819. The predicted molar refractivity (Wildman–Crippen MR) is 97.5 cm³/mol. The predicted octanol–water partition coefficient (Wildman–Crippen LogP) is 2.50. The lowest BCUT2D eigenvalue weighted by molar-refractivity contribution is -0.148. The van der Waals surface area contributed by atoms with Crippen molar-refractivity contribution in [2.75, 3.05) is 13.1 Å². The minimum Gasteiger partial charge on any atom is -0.338 e. The summed E-state index contributed by atoms with van der Waals surface area (Å²) in [6.45, 7) is 2.87. The van der Waals surface area contributed by atoms with Crippen molar-refractivity contribution in [2.24, 2.45) is 0 Å². The lowest BCUT2D eigenvalue weighted by Gasteiger charge is -2.44. The Kier molecular flexibility index (Phi) is 4.19. The molecule has 7 nitrogen and oxygen atoms in total. The van der Waals surface area contributed by atoms with Crippen LogP contribution in [0.4, 0.5) is 0 Å². The quantitative estimate of drug-likeness (QED) is 0.808. The fourth-order valence-corrected chi connectivity index (χ4v) is 4.60. The lowest BCUT2D eigenvalue weighted by atomic mass is 9.85. The van der Waals surface area contributed by atoms with Crippen LogP contribution in [0.25, 0.3) is 0 Å². The molecule has 3 aliphatic rings. The van der Waals surface area contributed by atoms with Crippen molar-refractivity contribution < 1.29 is 9.32 Å². The van der Waals surface area contributed by atoms with E-state index in [1.54, 1.807) is 6.20 Å². The van der Waals surface area contributed by atoms with Gasteiger partial charge in [0.1, 0.15) is 5.54 Å². The average Bonchev–Trinajstić information content (AvgIpc) is 3.31. The first-order valence-corrected chi connectivity index (χ1v) is 10.0. The van der Waals surface area contributed by atoms with Gasteiger partial charge in [-0.2, -0.15) is 4.98 Å². The van der Waals surface area contributed by atoms with Gasteiger partial charge in [-0.3, -0.25) is 14.7 Å². The van der Waals surface area contributed by atoms with Crippen LogP contribution >= 0.6 is 0 Å². The Morgan fingerprint density at radius 1 is 1.15 bits per heavy atom. The lowest BCUT2D eigenvalue weighted by Crippen LogP contribution is -2.59. The van der Waals surface area contributed by atoms with E-state index in [2.05, 4.69) is 20.0 Å². The first-order chi connectivity index (χ1) is 13.2. The highest BCUT2D eigenvalue weighted by Crippen LogP contribution is 2.40. The van der Waals surface area contributed by atoms with Gasteiger partial charge in [-0.05, 0) is 57.2 Å². The molecule has 7 heteroatoms. The molecule has 0 bridgehead atoms. The second-order valence-corrected chi connectivity index (χ2v) is 8.03. The van der Waals surface area contributed by atoms with E-state index in [1.807, 2.05) is 23.1 Å². The van der Waals surface area contributed by atoms with Crippen molar-refractivity contribution in [3.05, 3.63) is 41.8 Å². The smallest absolute Gasteiger partial charge is 0.243 e. The van der Waals surface area contributed by atoms with Crippen LogP contribution in [0.3, 0.4) is 0 Å². The highest BCUT2D eigenvalue weighted by molar-refractivity contribution is 5.87. The van der Waals surface area contributed by atoms with Gasteiger partial charge >= 0.3 is 0 Å². The number of amides is 1. The number of nitrogens with zero attached hydrogens (tertiary/aromatic N) is 5. The minimum atomic E-state index is -0.415. The standard InChI is InChI=1S/C20H25N5O2/c26-19-20(8-3-11-24(19)13-16-5-1-2-10-21-16)9-4-12-25(20)14-17-22-18(23-27-17)15-6-7-15/h1-2,5,10,15H,3-4,6-9,11-14H2. The molecule has 1 spiro atoms. The maximum absolute atomic E-state index is 13.5. The Balaban J connectivity index is 1.33. The molecule has 1 unspecified atom stereocenters. The number of hydrogen-bond donors (Lipinski definition) is 0. The van der Waals surface area contributed by atoms with Gasteiger partial charge in [-0.1, -0.05) is 11.2 Å². The third-order valence-corrected chi connectivity index (χ3v) is 6.16. The monoisotopic (exact) mass is 367 g/mol. The Hall–Kier alpha value is -2.28. The van der Waals surface area contributed by atoms with Crippen LogP contribution in [0.5, 0.6) is 0 Å². The molecular formula is C20H25N5O2. The molecule has 142 valence electrons. The number of likely N-dealkylation sites (tertiary alicyclic amines) is 2. The zero-order chi connectivity index (χ0) is 18.3. The van der Waals surface area contributed by atoms with E-state index in [4.69, 9.17) is 4.52 Å². The molecule has 2 saturated heterocycles. The Morgan fingerprint density at radius 3 is 2.78 bits per heavy atom. The van der Waals surface area contributed by atoms with Crippen molar-refractivity contribution in [1.82, 2.24) is 24.9 Å².